The molecule has 0 aliphatic rings. The molecule has 20 heavy (non-hydrogen) atoms. The summed E-state index contributed by atoms with van der Waals surface area (Å²) in [5.74, 6) is 0.412. The number of rotatable bonds is 7. The molecule has 0 heterocycles. The van der Waals surface area contributed by atoms with Crippen LogP contribution in [0.5, 0.6) is 5.75 Å². The van der Waals surface area contributed by atoms with E-state index in [-0.39, 0.29) is 18.4 Å². The molecule has 0 fully saturated rings. The van der Waals surface area contributed by atoms with Gasteiger partial charge in [-0.25, -0.2) is 0 Å². The summed E-state index contributed by atoms with van der Waals surface area (Å²) in [5, 5.41) is 2.65. The minimum atomic E-state index is -0.200. The molecule has 0 saturated carbocycles. The van der Waals surface area contributed by atoms with E-state index in [9.17, 15) is 9.59 Å². The highest BCUT2D eigenvalue weighted by Crippen LogP contribution is 2.13. The molecule has 0 aliphatic carbocycles. The van der Waals surface area contributed by atoms with Gasteiger partial charge in [0.1, 0.15) is 5.75 Å². The van der Waals surface area contributed by atoms with Crippen molar-refractivity contribution in [2.75, 3.05) is 20.2 Å². The lowest BCUT2D eigenvalue weighted by Gasteiger charge is -2.20. The number of hydrogen-bond donors (Lipinski definition) is 1. The van der Waals surface area contributed by atoms with Gasteiger partial charge in [0.25, 0.3) is 0 Å². The smallest absolute Gasteiger partial charge is 0.239 e. The summed E-state index contributed by atoms with van der Waals surface area (Å²) in [5.41, 5.74) is 0.942. The van der Waals surface area contributed by atoms with Gasteiger partial charge in [0.15, 0.2) is 0 Å². The Bertz CT molecular complexity index is 469. The van der Waals surface area contributed by atoms with Crippen LogP contribution in [-0.4, -0.2) is 36.9 Å². The maximum absolute atomic E-state index is 11.6. The van der Waals surface area contributed by atoms with Crippen LogP contribution in [0.15, 0.2) is 36.9 Å². The number of nitrogens with one attached hydrogen (secondary N) is 1. The van der Waals surface area contributed by atoms with Crippen LogP contribution in [0.4, 0.5) is 0 Å². The van der Waals surface area contributed by atoms with Crippen LogP contribution < -0.4 is 10.1 Å². The summed E-state index contributed by atoms with van der Waals surface area (Å²) < 4.78 is 5.08. The molecular weight excluding hydrogens is 256 g/mol. The molecule has 0 aliphatic heterocycles. The van der Waals surface area contributed by atoms with Gasteiger partial charge in [0.2, 0.25) is 11.8 Å². The second-order valence-corrected chi connectivity index (χ2v) is 4.32. The van der Waals surface area contributed by atoms with Crippen molar-refractivity contribution in [3.05, 3.63) is 42.5 Å². The average molecular weight is 276 g/mol. The van der Waals surface area contributed by atoms with Gasteiger partial charge in [-0.2, -0.15) is 0 Å². The van der Waals surface area contributed by atoms with E-state index in [0.29, 0.717) is 13.1 Å². The van der Waals surface area contributed by atoms with Gasteiger partial charge in [0.05, 0.1) is 13.7 Å². The van der Waals surface area contributed by atoms with E-state index < -0.39 is 0 Å². The maximum atomic E-state index is 11.6. The van der Waals surface area contributed by atoms with Crippen LogP contribution in [0.3, 0.4) is 0 Å². The second kappa shape index (κ2) is 7.99. The quantitative estimate of drug-likeness (QED) is 0.765. The van der Waals surface area contributed by atoms with E-state index in [1.165, 1.54) is 11.8 Å². The van der Waals surface area contributed by atoms with Gasteiger partial charge in [-0.1, -0.05) is 18.2 Å². The highest BCUT2D eigenvalue weighted by Gasteiger charge is 2.13. The van der Waals surface area contributed by atoms with E-state index in [2.05, 4.69) is 11.9 Å². The Labute approximate surface area is 119 Å². The van der Waals surface area contributed by atoms with Crippen molar-refractivity contribution >= 4 is 11.8 Å². The fraction of sp³-hybridized carbons (Fsp3) is 0.333. The Hall–Kier alpha value is -2.30. The molecule has 5 nitrogen and oxygen atoms in total. The van der Waals surface area contributed by atoms with E-state index >= 15 is 0 Å². The van der Waals surface area contributed by atoms with Crippen molar-refractivity contribution in [1.82, 2.24) is 10.2 Å². The van der Waals surface area contributed by atoms with E-state index in [1.807, 2.05) is 24.3 Å². The normalized spacial score (nSPS) is 9.70. The summed E-state index contributed by atoms with van der Waals surface area (Å²) in [6, 6.07) is 7.39. The molecule has 1 aromatic rings. The fourth-order valence-corrected chi connectivity index (χ4v) is 1.65. The van der Waals surface area contributed by atoms with E-state index in [1.54, 1.807) is 13.2 Å². The number of benzene rings is 1. The first-order chi connectivity index (χ1) is 9.56. The Balaban J connectivity index is 2.64. The number of carbonyl (C=O) groups is 2. The van der Waals surface area contributed by atoms with Gasteiger partial charge >= 0.3 is 0 Å². The van der Waals surface area contributed by atoms with Gasteiger partial charge in [-0.3, -0.25) is 9.59 Å². The lowest BCUT2D eigenvalue weighted by molar-refractivity contribution is -0.134. The van der Waals surface area contributed by atoms with Crippen LogP contribution in [0, 0.1) is 0 Å². The summed E-state index contributed by atoms with van der Waals surface area (Å²) in [7, 11) is 1.60. The molecule has 1 rings (SSSR count). The molecule has 0 atom stereocenters. The number of ether oxygens (including phenoxy) is 1. The second-order valence-electron chi connectivity index (χ2n) is 4.32. The van der Waals surface area contributed by atoms with Crippen LogP contribution in [-0.2, 0) is 16.1 Å². The first-order valence-corrected chi connectivity index (χ1v) is 6.33. The Morgan fingerprint density at radius 2 is 2.00 bits per heavy atom. The molecule has 1 N–H and O–H groups in total. The van der Waals surface area contributed by atoms with Crippen molar-refractivity contribution in [3.63, 3.8) is 0 Å². The van der Waals surface area contributed by atoms with Crippen LogP contribution in [0.1, 0.15) is 12.5 Å². The molecule has 0 bridgehead atoms. The molecule has 108 valence electrons. The fourth-order valence-electron chi connectivity index (χ4n) is 1.65. The topological polar surface area (TPSA) is 58.6 Å². The largest absolute Gasteiger partial charge is 0.497 e. The highest BCUT2D eigenvalue weighted by molar-refractivity contribution is 5.83. The van der Waals surface area contributed by atoms with Gasteiger partial charge in [-0.05, 0) is 17.7 Å². The average Bonchev–Trinajstić information content (AvgIpc) is 2.45. The first kappa shape index (κ1) is 15.8. The lowest BCUT2D eigenvalue weighted by Crippen LogP contribution is -2.39. The van der Waals surface area contributed by atoms with Gasteiger partial charge in [0, 0.05) is 20.0 Å². The number of amides is 2. The van der Waals surface area contributed by atoms with Crippen molar-refractivity contribution in [1.29, 1.82) is 0 Å². The minimum Gasteiger partial charge on any atom is -0.497 e. The molecule has 0 radical (unpaired) electrons. The third kappa shape index (κ3) is 5.14. The molecular formula is C15H20N2O3. The molecule has 2 amide bonds. The summed E-state index contributed by atoms with van der Waals surface area (Å²) in [6.45, 7) is 5.80. The number of carbonyl (C=O) groups excluding carboxylic acids is 2. The van der Waals surface area contributed by atoms with Crippen molar-refractivity contribution in [2.45, 2.75) is 13.5 Å². The van der Waals surface area contributed by atoms with Crippen LogP contribution >= 0.6 is 0 Å². The maximum Gasteiger partial charge on any atom is 0.239 e. The predicted octanol–water partition coefficient (Wildman–Crippen LogP) is 1.35. The third-order valence-electron chi connectivity index (χ3n) is 2.76. The molecule has 0 spiro atoms. The molecule has 5 heteroatoms. The van der Waals surface area contributed by atoms with E-state index in [4.69, 9.17) is 4.74 Å². The summed E-state index contributed by atoms with van der Waals surface area (Å²) >= 11 is 0. The van der Waals surface area contributed by atoms with Crippen molar-refractivity contribution < 1.29 is 14.3 Å². The molecule has 0 saturated heterocycles. The van der Waals surface area contributed by atoms with Gasteiger partial charge in [-0.15, -0.1) is 6.58 Å². The zero-order valence-electron chi connectivity index (χ0n) is 11.9. The minimum absolute atomic E-state index is 0.0369. The molecule has 0 aromatic heterocycles. The number of hydrogen-bond acceptors (Lipinski definition) is 3. The summed E-state index contributed by atoms with van der Waals surface area (Å²) in [4.78, 5) is 24.7. The Morgan fingerprint density at radius 3 is 2.50 bits per heavy atom. The zero-order valence-corrected chi connectivity index (χ0v) is 11.9. The van der Waals surface area contributed by atoms with E-state index in [0.717, 1.165) is 11.3 Å². The van der Waals surface area contributed by atoms with Crippen LogP contribution in [0.25, 0.3) is 0 Å². The van der Waals surface area contributed by atoms with Crippen molar-refractivity contribution in [2.24, 2.45) is 0 Å². The summed E-state index contributed by atoms with van der Waals surface area (Å²) in [6.07, 6.45) is 1.60. The zero-order chi connectivity index (χ0) is 15.0. The monoisotopic (exact) mass is 276 g/mol. The first-order valence-electron chi connectivity index (χ1n) is 6.33. The lowest BCUT2D eigenvalue weighted by atomic mass is 10.2. The molecule has 1 aromatic carbocycles. The number of methoxy groups -OCH3 is 1. The van der Waals surface area contributed by atoms with Crippen LogP contribution in [0.2, 0.25) is 0 Å². The third-order valence-corrected chi connectivity index (χ3v) is 2.76. The Kier molecular flexibility index (Phi) is 6.29. The van der Waals surface area contributed by atoms with Gasteiger partial charge < -0.3 is 15.0 Å². The van der Waals surface area contributed by atoms with Crippen molar-refractivity contribution in [3.8, 4) is 5.75 Å². The predicted molar refractivity (Wildman–Crippen MR) is 77.3 cm³/mol. The molecule has 0 unspecified atom stereocenters. The SMILES string of the molecule is C=CCNC(=O)CN(Cc1ccc(OC)cc1)C(C)=O. The highest BCUT2D eigenvalue weighted by atomic mass is 16.5. The Morgan fingerprint density at radius 1 is 1.35 bits per heavy atom. The standard InChI is InChI=1S/C15H20N2O3/c1-4-9-16-15(19)11-17(12(2)18)10-13-5-7-14(20-3)8-6-13/h4-8H,1,9-11H2,2-3H3,(H,16,19). The number of nitrogens with zero attached hydrogens (tertiary/aromatic N) is 1.